The van der Waals surface area contributed by atoms with Crippen molar-refractivity contribution in [1.82, 2.24) is 4.98 Å². The van der Waals surface area contributed by atoms with E-state index < -0.39 is 0 Å². The average Bonchev–Trinajstić information content (AvgIpc) is 2.44. The highest BCUT2D eigenvalue weighted by atomic mass is 16.5. The van der Waals surface area contributed by atoms with Crippen LogP contribution in [0.4, 0.5) is 0 Å². The molecule has 2 rings (SSSR count). The van der Waals surface area contributed by atoms with Gasteiger partial charge in [-0.05, 0) is 12.1 Å². The minimum absolute atomic E-state index is 0.315. The highest BCUT2D eigenvalue weighted by Gasteiger charge is 2.26. The molecule has 1 aromatic heterocycles. The van der Waals surface area contributed by atoms with E-state index in [0.29, 0.717) is 17.0 Å². The number of hydrogen-bond donors (Lipinski definition) is 0. The lowest BCUT2D eigenvalue weighted by molar-refractivity contribution is 0.0716. The summed E-state index contributed by atoms with van der Waals surface area (Å²) in [5, 5.41) is 0. The maximum absolute atomic E-state index is 11.1. The molecule has 58 valence electrons. The number of carbonyl (C=O) groups is 1. The molecule has 0 spiro atoms. The van der Waals surface area contributed by atoms with E-state index in [4.69, 9.17) is 4.74 Å². The van der Waals surface area contributed by atoms with Gasteiger partial charge in [-0.15, -0.1) is 0 Å². The van der Waals surface area contributed by atoms with Gasteiger partial charge in [-0.3, -0.25) is 4.98 Å². The Morgan fingerprint density at radius 2 is 2.42 bits per heavy atom. The Morgan fingerprint density at radius 1 is 1.58 bits per heavy atom. The van der Waals surface area contributed by atoms with Crippen molar-refractivity contribution in [1.29, 1.82) is 0 Å². The zero-order valence-corrected chi connectivity index (χ0v) is 6.20. The molecule has 0 N–H and O–H groups in total. The SMILES string of the molecule is C=C=C1OC(=O)c2cccnc21. The summed E-state index contributed by atoms with van der Waals surface area (Å²) in [6.45, 7) is 3.40. The van der Waals surface area contributed by atoms with Gasteiger partial charge in [0.05, 0.1) is 5.56 Å². The molecule has 0 amide bonds. The first-order valence-corrected chi connectivity index (χ1v) is 3.40. The molecule has 3 nitrogen and oxygen atoms in total. The number of esters is 1. The number of fused-ring (bicyclic) bond motifs is 1. The van der Waals surface area contributed by atoms with Crippen molar-refractivity contribution in [2.75, 3.05) is 0 Å². The van der Waals surface area contributed by atoms with Gasteiger partial charge in [0, 0.05) is 6.20 Å². The first-order chi connectivity index (χ1) is 5.83. The minimum atomic E-state index is -0.385. The van der Waals surface area contributed by atoms with Gasteiger partial charge in [-0.2, -0.15) is 0 Å². The maximum atomic E-state index is 11.1. The summed E-state index contributed by atoms with van der Waals surface area (Å²) in [6.07, 6.45) is 1.60. The standard InChI is InChI=1S/C9H5NO2/c1-2-7-8-6(9(11)12-7)4-3-5-10-8/h3-5H,1H2. The number of hydrogen-bond acceptors (Lipinski definition) is 3. The molecule has 0 aliphatic carbocycles. The van der Waals surface area contributed by atoms with Gasteiger partial charge < -0.3 is 4.74 Å². The third-order valence-electron chi connectivity index (χ3n) is 1.60. The molecular weight excluding hydrogens is 154 g/mol. The van der Waals surface area contributed by atoms with Crippen LogP contribution in [0.5, 0.6) is 0 Å². The molecule has 0 bridgehead atoms. The van der Waals surface area contributed by atoms with Crippen LogP contribution < -0.4 is 0 Å². The van der Waals surface area contributed by atoms with Gasteiger partial charge in [0.15, 0.2) is 5.76 Å². The number of pyridine rings is 1. The van der Waals surface area contributed by atoms with Crippen molar-refractivity contribution in [3.05, 3.63) is 41.9 Å². The Balaban J connectivity index is 2.73. The van der Waals surface area contributed by atoms with E-state index >= 15 is 0 Å². The highest BCUT2D eigenvalue weighted by Crippen LogP contribution is 2.25. The molecule has 0 aromatic carbocycles. The predicted molar refractivity (Wildman–Crippen MR) is 42.2 cm³/mol. The van der Waals surface area contributed by atoms with Gasteiger partial charge in [0.2, 0.25) is 0 Å². The number of aromatic nitrogens is 1. The first-order valence-electron chi connectivity index (χ1n) is 3.40. The fourth-order valence-electron chi connectivity index (χ4n) is 1.07. The first kappa shape index (κ1) is 6.83. The quantitative estimate of drug-likeness (QED) is 0.424. The Hall–Kier alpha value is -1.86. The fraction of sp³-hybridized carbons (Fsp3) is 0. The molecule has 0 atom stereocenters. The molecule has 1 aliphatic heterocycles. The Morgan fingerprint density at radius 3 is 3.17 bits per heavy atom. The molecule has 0 radical (unpaired) electrons. The van der Waals surface area contributed by atoms with E-state index in [1.54, 1.807) is 18.3 Å². The third-order valence-corrected chi connectivity index (χ3v) is 1.60. The molecule has 0 saturated carbocycles. The summed E-state index contributed by atoms with van der Waals surface area (Å²) in [4.78, 5) is 15.1. The van der Waals surface area contributed by atoms with Crippen LogP contribution in [-0.2, 0) is 4.74 Å². The van der Waals surface area contributed by atoms with Crippen molar-refractivity contribution in [2.45, 2.75) is 0 Å². The smallest absolute Gasteiger partial charge is 0.346 e. The van der Waals surface area contributed by atoms with Crippen LogP contribution in [0.25, 0.3) is 5.76 Å². The Kier molecular flexibility index (Phi) is 1.32. The molecule has 0 fully saturated rings. The van der Waals surface area contributed by atoms with Crippen LogP contribution in [0.2, 0.25) is 0 Å². The normalized spacial score (nSPS) is 13.7. The van der Waals surface area contributed by atoms with Crippen LogP contribution in [0.15, 0.2) is 30.6 Å². The van der Waals surface area contributed by atoms with Crippen LogP contribution in [0.1, 0.15) is 16.1 Å². The largest absolute Gasteiger partial charge is 0.412 e. The summed E-state index contributed by atoms with van der Waals surface area (Å²) in [7, 11) is 0. The van der Waals surface area contributed by atoms with Gasteiger partial charge in [0.1, 0.15) is 5.69 Å². The van der Waals surface area contributed by atoms with Gasteiger partial charge >= 0.3 is 5.97 Å². The van der Waals surface area contributed by atoms with Gasteiger partial charge in [0.25, 0.3) is 0 Å². The Labute approximate surface area is 69.0 Å². The van der Waals surface area contributed by atoms with Crippen LogP contribution in [-0.4, -0.2) is 11.0 Å². The number of rotatable bonds is 0. The molecule has 0 saturated heterocycles. The van der Waals surface area contributed by atoms with E-state index in [1.807, 2.05) is 0 Å². The van der Waals surface area contributed by atoms with Crippen LogP contribution in [0, 0.1) is 0 Å². The Bertz CT molecular complexity index is 403. The van der Waals surface area contributed by atoms with E-state index in [-0.39, 0.29) is 5.97 Å². The van der Waals surface area contributed by atoms with Crippen molar-refractivity contribution in [3.63, 3.8) is 0 Å². The number of carbonyl (C=O) groups excluding carboxylic acids is 1. The summed E-state index contributed by atoms with van der Waals surface area (Å²) >= 11 is 0. The summed E-state index contributed by atoms with van der Waals surface area (Å²) in [5.41, 5.74) is 3.51. The van der Waals surface area contributed by atoms with E-state index in [1.165, 1.54) is 0 Å². The highest BCUT2D eigenvalue weighted by molar-refractivity contribution is 6.01. The zero-order valence-electron chi connectivity index (χ0n) is 6.20. The topological polar surface area (TPSA) is 39.2 Å². The van der Waals surface area contributed by atoms with E-state index in [2.05, 4.69) is 17.3 Å². The lowest BCUT2D eigenvalue weighted by Crippen LogP contribution is -1.92. The van der Waals surface area contributed by atoms with Crippen molar-refractivity contribution in [3.8, 4) is 0 Å². The van der Waals surface area contributed by atoms with E-state index in [9.17, 15) is 4.79 Å². The van der Waals surface area contributed by atoms with Gasteiger partial charge in [-0.1, -0.05) is 12.3 Å². The summed E-state index contributed by atoms with van der Waals surface area (Å²) < 4.78 is 4.82. The second kappa shape index (κ2) is 2.32. The molecule has 3 heteroatoms. The monoisotopic (exact) mass is 159 g/mol. The molecular formula is C9H5NO2. The van der Waals surface area contributed by atoms with Crippen LogP contribution in [0.3, 0.4) is 0 Å². The maximum Gasteiger partial charge on any atom is 0.346 e. The van der Waals surface area contributed by atoms with Crippen molar-refractivity contribution >= 4 is 11.7 Å². The van der Waals surface area contributed by atoms with Crippen LogP contribution >= 0.6 is 0 Å². The van der Waals surface area contributed by atoms with Crippen molar-refractivity contribution < 1.29 is 9.53 Å². The number of ether oxygens (including phenoxy) is 1. The lowest BCUT2D eigenvalue weighted by atomic mass is 10.2. The summed E-state index contributed by atoms with van der Waals surface area (Å²) in [6, 6.07) is 3.35. The minimum Gasteiger partial charge on any atom is -0.412 e. The fourth-order valence-corrected chi connectivity index (χ4v) is 1.07. The summed E-state index contributed by atoms with van der Waals surface area (Å²) in [5.74, 6) is -0.0696. The van der Waals surface area contributed by atoms with Gasteiger partial charge in [-0.25, -0.2) is 4.79 Å². The third kappa shape index (κ3) is 0.775. The molecule has 2 heterocycles. The number of cyclic esters (lactones) is 1. The lowest BCUT2D eigenvalue weighted by Gasteiger charge is -1.89. The molecule has 12 heavy (non-hydrogen) atoms. The second-order valence-corrected chi connectivity index (χ2v) is 2.29. The molecule has 0 unspecified atom stereocenters. The number of nitrogens with zero attached hydrogens (tertiary/aromatic N) is 1. The van der Waals surface area contributed by atoms with E-state index in [0.717, 1.165) is 0 Å². The van der Waals surface area contributed by atoms with Crippen molar-refractivity contribution in [2.24, 2.45) is 0 Å². The average molecular weight is 159 g/mol. The predicted octanol–water partition coefficient (Wildman–Crippen LogP) is 1.38. The zero-order chi connectivity index (χ0) is 8.55. The second-order valence-electron chi connectivity index (χ2n) is 2.29. The molecule has 1 aromatic rings. The molecule has 1 aliphatic rings.